The van der Waals surface area contributed by atoms with Crippen LogP contribution in [0.3, 0.4) is 0 Å². The zero-order chi connectivity index (χ0) is 19.1. The Kier molecular flexibility index (Phi) is 6.88. The van der Waals surface area contributed by atoms with Gasteiger partial charge >= 0.3 is 11.7 Å². The average Bonchev–Trinajstić information content (AvgIpc) is 2.66. The van der Waals surface area contributed by atoms with E-state index in [-0.39, 0.29) is 6.61 Å². The van der Waals surface area contributed by atoms with Gasteiger partial charge in [-0.3, -0.25) is 14.3 Å². The second-order valence-electron chi connectivity index (χ2n) is 5.75. The maximum absolute atomic E-state index is 12.0. The van der Waals surface area contributed by atoms with Gasteiger partial charge in [-0.05, 0) is 25.5 Å². The normalized spacial score (nSPS) is 13.2. The third kappa shape index (κ3) is 4.90. The van der Waals surface area contributed by atoms with Crippen LogP contribution in [0.5, 0.6) is 0 Å². The van der Waals surface area contributed by atoms with E-state index in [1.807, 2.05) is 0 Å². The summed E-state index contributed by atoms with van der Waals surface area (Å²) in [7, 11) is 0. The summed E-state index contributed by atoms with van der Waals surface area (Å²) in [6, 6.07) is 8.46. The Morgan fingerprint density at radius 2 is 1.96 bits per heavy atom. The molecule has 2 atom stereocenters. The minimum absolute atomic E-state index is 0.169. The molecule has 0 fully saturated rings. The highest BCUT2D eigenvalue weighted by molar-refractivity contribution is 5.89. The SMILES string of the molecule is CC[C@@H](O[C@@H](CO)COC(=O)c1ccccc1)n1cc(C)c(=O)[nH]c1=O. The van der Waals surface area contributed by atoms with Gasteiger partial charge in [-0.1, -0.05) is 25.1 Å². The molecule has 1 aromatic heterocycles. The third-order valence-electron chi connectivity index (χ3n) is 3.77. The molecule has 0 saturated heterocycles. The van der Waals surface area contributed by atoms with Crippen LogP contribution in [0.2, 0.25) is 0 Å². The lowest BCUT2D eigenvalue weighted by Gasteiger charge is -2.24. The summed E-state index contributed by atoms with van der Waals surface area (Å²) in [5.41, 5.74) is -0.312. The van der Waals surface area contributed by atoms with Gasteiger partial charge in [0.25, 0.3) is 5.56 Å². The zero-order valence-corrected chi connectivity index (χ0v) is 14.7. The monoisotopic (exact) mass is 362 g/mol. The molecule has 0 radical (unpaired) electrons. The van der Waals surface area contributed by atoms with Gasteiger partial charge in [0, 0.05) is 11.8 Å². The zero-order valence-electron chi connectivity index (χ0n) is 14.7. The predicted molar refractivity (Wildman–Crippen MR) is 94.1 cm³/mol. The van der Waals surface area contributed by atoms with Gasteiger partial charge in [-0.15, -0.1) is 0 Å². The molecule has 2 aromatic rings. The van der Waals surface area contributed by atoms with Crippen molar-refractivity contribution >= 4 is 5.97 Å². The molecule has 0 aliphatic carbocycles. The van der Waals surface area contributed by atoms with Gasteiger partial charge in [0.05, 0.1) is 12.2 Å². The molecule has 1 heterocycles. The van der Waals surface area contributed by atoms with Crippen molar-refractivity contribution in [1.82, 2.24) is 9.55 Å². The molecule has 0 aliphatic heterocycles. The summed E-state index contributed by atoms with van der Waals surface area (Å²) in [6.45, 7) is 2.81. The number of aryl methyl sites for hydroxylation is 1. The molecule has 26 heavy (non-hydrogen) atoms. The summed E-state index contributed by atoms with van der Waals surface area (Å²) in [4.78, 5) is 37.7. The number of hydrogen-bond donors (Lipinski definition) is 2. The fraction of sp³-hybridized carbons (Fsp3) is 0.389. The standard InChI is InChI=1S/C18H22N2O6/c1-3-15(20-9-12(2)16(22)19-18(20)24)26-14(10-21)11-25-17(23)13-7-5-4-6-8-13/h4-9,14-15,21H,3,10-11H2,1-2H3,(H,19,22,24)/t14-,15+/m0/s1. The minimum Gasteiger partial charge on any atom is -0.459 e. The Morgan fingerprint density at radius 1 is 1.27 bits per heavy atom. The summed E-state index contributed by atoms with van der Waals surface area (Å²) >= 11 is 0. The first kappa shape index (κ1) is 19.6. The fourth-order valence-electron chi connectivity index (χ4n) is 2.34. The number of aliphatic hydroxyl groups is 1. The number of aromatic nitrogens is 2. The molecule has 1 aromatic carbocycles. The highest BCUT2D eigenvalue weighted by Gasteiger charge is 2.20. The number of rotatable bonds is 8. The molecule has 0 spiro atoms. The Bertz CT molecular complexity index is 843. The fourth-order valence-corrected chi connectivity index (χ4v) is 2.34. The molecule has 2 rings (SSSR count). The van der Waals surface area contributed by atoms with Crippen molar-refractivity contribution in [3.63, 3.8) is 0 Å². The Labute approximate surface area is 150 Å². The summed E-state index contributed by atoms with van der Waals surface area (Å²) < 4.78 is 12.1. The summed E-state index contributed by atoms with van der Waals surface area (Å²) in [6.07, 6.45) is 0.284. The van der Waals surface area contributed by atoms with Crippen molar-refractivity contribution in [2.75, 3.05) is 13.2 Å². The van der Waals surface area contributed by atoms with Crippen LogP contribution in [0.4, 0.5) is 0 Å². The number of ether oxygens (including phenoxy) is 2. The van der Waals surface area contributed by atoms with Crippen LogP contribution in [0, 0.1) is 6.92 Å². The smallest absolute Gasteiger partial charge is 0.338 e. The van der Waals surface area contributed by atoms with Gasteiger partial charge < -0.3 is 14.6 Å². The molecule has 0 unspecified atom stereocenters. The van der Waals surface area contributed by atoms with Crippen LogP contribution in [0.15, 0.2) is 46.1 Å². The number of aliphatic hydroxyl groups excluding tert-OH is 1. The maximum atomic E-state index is 12.0. The van der Waals surface area contributed by atoms with Crippen LogP contribution in [0.1, 0.15) is 35.5 Å². The summed E-state index contributed by atoms with van der Waals surface area (Å²) in [5.74, 6) is -0.530. The first-order chi connectivity index (χ1) is 12.5. The molecular weight excluding hydrogens is 340 g/mol. The number of H-pyrrole nitrogens is 1. The molecule has 8 nitrogen and oxygen atoms in total. The number of nitrogens with one attached hydrogen (secondary N) is 1. The van der Waals surface area contributed by atoms with E-state index in [1.54, 1.807) is 44.2 Å². The number of hydrogen-bond acceptors (Lipinski definition) is 6. The molecule has 0 amide bonds. The molecule has 0 aliphatic rings. The van der Waals surface area contributed by atoms with E-state index in [9.17, 15) is 19.5 Å². The van der Waals surface area contributed by atoms with E-state index in [0.29, 0.717) is 17.5 Å². The largest absolute Gasteiger partial charge is 0.459 e. The Morgan fingerprint density at radius 3 is 2.58 bits per heavy atom. The molecule has 0 saturated carbocycles. The Hall–Kier alpha value is -2.71. The maximum Gasteiger partial charge on any atom is 0.338 e. The average molecular weight is 362 g/mol. The van der Waals surface area contributed by atoms with E-state index >= 15 is 0 Å². The van der Waals surface area contributed by atoms with Gasteiger partial charge in [0.15, 0.2) is 0 Å². The van der Waals surface area contributed by atoms with Crippen molar-refractivity contribution in [3.8, 4) is 0 Å². The molecular formula is C18H22N2O6. The highest BCUT2D eigenvalue weighted by Crippen LogP contribution is 2.14. The van der Waals surface area contributed by atoms with Gasteiger partial charge in [-0.25, -0.2) is 9.59 Å². The van der Waals surface area contributed by atoms with Crippen LogP contribution in [-0.4, -0.2) is 39.9 Å². The van der Waals surface area contributed by atoms with Crippen LogP contribution in [0.25, 0.3) is 0 Å². The van der Waals surface area contributed by atoms with E-state index in [2.05, 4.69) is 4.98 Å². The van der Waals surface area contributed by atoms with Crippen molar-refractivity contribution in [3.05, 3.63) is 68.5 Å². The third-order valence-corrected chi connectivity index (χ3v) is 3.77. The molecule has 140 valence electrons. The van der Waals surface area contributed by atoms with E-state index in [0.717, 1.165) is 0 Å². The highest BCUT2D eigenvalue weighted by atomic mass is 16.6. The molecule has 2 N–H and O–H groups in total. The van der Waals surface area contributed by atoms with Crippen molar-refractivity contribution < 1.29 is 19.4 Å². The van der Waals surface area contributed by atoms with Crippen molar-refractivity contribution in [1.29, 1.82) is 0 Å². The molecule has 8 heteroatoms. The lowest BCUT2D eigenvalue weighted by atomic mass is 10.2. The first-order valence-electron chi connectivity index (χ1n) is 8.26. The number of carbonyl (C=O) groups excluding carboxylic acids is 1. The van der Waals surface area contributed by atoms with Crippen LogP contribution >= 0.6 is 0 Å². The lowest BCUT2D eigenvalue weighted by molar-refractivity contribution is -0.0995. The second-order valence-corrected chi connectivity index (χ2v) is 5.75. The van der Waals surface area contributed by atoms with Gasteiger partial charge in [0.1, 0.15) is 18.9 Å². The van der Waals surface area contributed by atoms with Crippen LogP contribution in [-0.2, 0) is 9.47 Å². The number of nitrogens with zero attached hydrogens (tertiary/aromatic N) is 1. The number of aromatic amines is 1. The van der Waals surface area contributed by atoms with Crippen molar-refractivity contribution in [2.45, 2.75) is 32.6 Å². The number of carbonyl (C=O) groups is 1. The van der Waals surface area contributed by atoms with Crippen LogP contribution < -0.4 is 11.2 Å². The predicted octanol–water partition coefficient (Wildman–Crippen LogP) is 0.988. The quantitative estimate of drug-likeness (QED) is 0.678. The lowest BCUT2D eigenvalue weighted by Crippen LogP contribution is -2.37. The molecule has 0 bridgehead atoms. The van der Waals surface area contributed by atoms with Gasteiger partial charge in [-0.2, -0.15) is 0 Å². The van der Waals surface area contributed by atoms with Crippen molar-refractivity contribution in [2.24, 2.45) is 0 Å². The topological polar surface area (TPSA) is 111 Å². The second kappa shape index (κ2) is 9.12. The first-order valence-corrected chi connectivity index (χ1v) is 8.26. The van der Waals surface area contributed by atoms with E-state index in [1.165, 1.54) is 10.8 Å². The number of benzene rings is 1. The number of esters is 1. The Balaban J connectivity index is 2.05. The van der Waals surface area contributed by atoms with Gasteiger partial charge in [0.2, 0.25) is 0 Å². The van der Waals surface area contributed by atoms with E-state index < -0.39 is 36.2 Å². The summed E-state index contributed by atoms with van der Waals surface area (Å²) in [5, 5.41) is 9.51. The minimum atomic E-state index is -0.813. The van der Waals surface area contributed by atoms with E-state index in [4.69, 9.17) is 9.47 Å².